The van der Waals surface area contributed by atoms with Crippen LogP contribution >= 0.6 is 24.0 Å². The van der Waals surface area contributed by atoms with Crippen LogP contribution in [0.4, 0.5) is 5.82 Å². The van der Waals surface area contributed by atoms with E-state index in [1.807, 2.05) is 40.9 Å². The number of amides is 1. The fraction of sp³-hybridized carbons (Fsp3) is 0.381. The fourth-order valence-corrected chi connectivity index (χ4v) is 3.83. The van der Waals surface area contributed by atoms with Gasteiger partial charge in [0.1, 0.15) is 5.82 Å². The average molecular weight is 549 g/mol. The molecule has 1 atom stereocenters. The number of hydrogen-bond acceptors (Lipinski definition) is 6. The summed E-state index contributed by atoms with van der Waals surface area (Å²) in [5.41, 5.74) is 7.37. The maximum absolute atomic E-state index is 11.6. The molecule has 3 aromatic rings. The van der Waals surface area contributed by atoms with Crippen LogP contribution < -0.4 is 21.3 Å². The average Bonchev–Trinajstić information content (AvgIpc) is 3.22. The number of aromatic nitrogens is 4. The number of anilines is 1. The van der Waals surface area contributed by atoms with Gasteiger partial charge in [0, 0.05) is 44.6 Å². The van der Waals surface area contributed by atoms with E-state index in [9.17, 15) is 4.79 Å². The van der Waals surface area contributed by atoms with Gasteiger partial charge in [0.05, 0.1) is 12.5 Å². The second-order valence-electron chi connectivity index (χ2n) is 7.50. The summed E-state index contributed by atoms with van der Waals surface area (Å²) in [7, 11) is 1.73. The summed E-state index contributed by atoms with van der Waals surface area (Å²) in [4.78, 5) is 22.7. The number of aliphatic imine (C=N–C) groups is 1. The van der Waals surface area contributed by atoms with Crippen molar-refractivity contribution in [3.63, 3.8) is 0 Å². The molecule has 10 nitrogen and oxygen atoms in total. The molecule has 170 valence electrons. The van der Waals surface area contributed by atoms with Gasteiger partial charge in [-0.05, 0) is 31.0 Å². The standard InChI is InChI=1S/C21H27N9O.HI/c1-23-21(26-13-18-28-27-17-8-2-3-11-30(17)18)25-12-15-6-4-9-24-20(15)29-10-5-7-16(14-29)19(22)31;/h2-4,6,8-9,11,16H,5,7,10,12-14H2,1H3,(H2,22,31)(H2,23,25,26);1H. The van der Waals surface area contributed by atoms with Crippen molar-refractivity contribution in [2.45, 2.75) is 25.9 Å². The number of nitrogens with one attached hydrogen (secondary N) is 2. The molecule has 1 saturated heterocycles. The molecule has 32 heavy (non-hydrogen) atoms. The molecule has 0 radical (unpaired) electrons. The highest BCUT2D eigenvalue weighted by atomic mass is 127. The molecule has 1 unspecified atom stereocenters. The van der Waals surface area contributed by atoms with Gasteiger partial charge in [-0.15, -0.1) is 34.2 Å². The molecule has 4 rings (SSSR count). The molecule has 0 saturated carbocycles. The molecule has 0 spiro atoms. The third-order valence-corrected chi connectivity index (χ3v) is 5.46. The summed E-state index contributed by atoms with van der Waals surface area (Å²) in [6.07, 6.45) is 5.46. The predicted octanol–water partition coefficient (Wildman–Crippen LogP) is 1.31. The molecule has 4 N–H and O–H groups in total. The second-order valence-corrected chi connectivity index (χ2v) is 7.50. The molecule has 1 amide bonds. The first-order valence-electron chi connectivity index (χ1n) is 10.4. The number of hydrogen-bond donors (Lipinski definition) is 3. The molecular formula is C21H28IN9O. The van der Waals surface area contributed by atoms with E-state index in [-0.39, 0.29) is 35.8 Å². The first kappa shape index (κ1) is 23.7. The number of fused-ring (bicyclic) bond motifs is 1. The van der Waals surface area contributed by atoms with Crippen molar-refractivity contribution in [3.05, 3.63) is 54.1 Å². The van der Waals surface area contributed by atoms with Crippen molar-refractivity contribution in [1.29, 1.82) is 0 Å². The Labute approximate surface area is 203 Å². The number of halogens is 1. The van der Waals surface area contributed by atoms with Gasteiger partial charge >= 0.3 is 0 Å². The lowest BCUT2D eigenvalue weighted by Crippen LogP contribution is -2.42. The van der Waals surface area contributed by atoms with Crippen LogP contribution in [0.5, 0.6) is 0 Å². The maximum Gasteiger partial charge on any atom is 0.222 e. The summed E-state index contributed by atoms with van der Waals surface area (Å²) < 4.78 is 1.94. The quantitative estimate of drug-likeness (QED) is 0.241. The second kappa shape index (κ2) is 11.1. The Kier molecular flexibility index (Phi) is 8.20. The Morgan fingerprint density at radius 3 is 2.88 bits per heavy atom. The number of nitrogens with zero attached hydrogens (tertiary/aromatic N) is 6. The molecule has 0 bridgehead atoms. The van der Waals surface area contributed by atoms with Crippen molar-refractivity contribution < 1.29 is 4.79 Å². The zero-order valence-electron chi connectivity index (χ0n) is 17.9. The Morgan fingerprint density at radius 2 is 2.06 bits per heavy atom. The van der Waals surface area contributed by atoms with Gasteiger partial charge in [0.15, 0.2) is 17.4 Å². The van der Waals surface area contributed by atoms with Crippen molar-refractivity contribution in [2.75, 3.05) is 25.0 Å². The molecule has 1 aliphatic heterocycles. The van der Waals surface area contributed by atoms with Crippen LogP contribution in [-0.4, -0.2) is 51.6 Å². The van der Waals surface area contributed by atoms with Crippen molar-refractivity contribution in [2.24, 2.45) is 16.6 Å². The first-order valence-corrected chi connectivity index (χ1v) is 10.4. The Morgan fingerprint density at radius 1 is 1.22 bits per heavy atom. The highest BCUT2D eigenvalue weighted by Crippen LogP contribution is 2.24. The largest absolute Gasteiger partial charge is 0.369 e. The van der Waals surface area contributed by atoms with Crippen molar-refractivity contribution in [3.8, 4) is 0 Å². The SMILES string of the molecule is CN=C(NCc1cccnc1N1CCCC(C(N)=O)C1)NCc1nnc2ccccn12.I. The minimum absolute atomic E-state index is 0. The van der Waals surface area contributed by atoms with Crippen LogP contribution in [0.25, 0.3) is 5.65 Å². The molecular weight excluding hydrogens is 521 g/mol. The third kappa shape index (κ3) is 5.44. The van der Waals surface area contributed by atoms with Crippen LogP contribution in [0.1, 0.15) is 24.2 Å². The van der Waals surface area contributed by atoms with Gasteiger partial charge < -0.3 is 21.3 Å². The maximum atomic E-state index is 11.6. The highest BCUT2D eigenvalue weighted by molar-refractivity contribution is 14.0. The summed E-state index contributed by atoms with van der Waals surface area (Å²) >= 11 is 0. The van der Waals surface area contributed by atoms with Crippen LogP contribution in [0.2, 0.25) is 0 Å². The lowest BCUT2D eigenvalue weighted by Gasteiger charge is -2.33. The van der Waals surface area contributed by atoms with E-state index >= 15 is 0 Å². The molecule has 1 fully saturated rings. The normalized spacial score (nSPS) is 16.5. The van der Waals surface area contributed by atoms with Crippen molar-refractivity contribution in [1.82, 2.24) is 30.2 Å². The van der Waals surface area contributed by atoms with Crippen LogP contribution in [0.15, 0.2) is 47.7 Å². The van der Waals surface area contributed by atoms with E-state index in [0.717, 1.165) is 42.2 Å². The van der Waals surface area contributed by atoms with E-state index in [1.54, 1.807) is 13.2 Å². The fourth-order valence-electron chi connectivity index (χ4n) is 3.83. The number of pyridine rings is 2. The topological polar surface area (TPSA) is 126 Å². The first-order chi connectivity index (χ1) is 15.2. The van der Waals surface area contributed by atoms with Crippen LogP contribution in [-0.2, 0) is 17.9 Å². The summed E-state index contributed by atoms with van der Waals surface area (Å²) in [6.45, 7) is 2.49. The molecule has 0 aromatic carbocycles. The molecule has 3 aromatic heterocycles. The third-order valence-electron chi connectivity index (χ3n) is 5.46. The zero-order chi connectivity index (χ0) is 21.6. The van der Waals surface area contributed by atoms with Gasteiger partial charge in [0.2, 0.25) is 5.91 Å². The Hall–Kier alpha value is -2.96. The van der Waals surface area contributed by atoms with Crippen LogP contribution in [0, 0.1) is 5.92 Å². The monoisotopic (exact) mass is 549 g/mol. The van der Waals surface area contributed by atoms with Gasteiger partial charge in [-0.25, -0.2) is 4.98 Å². The molecule has 0 aliphatic carbocycles. The number of rotatable bonds is 6. The summed E-state index contributed by atoms with van der Waals surface area (Å²) in [5, 5.41) is 15.0. The molecule has 11 heteroatoms. The summed E-state index contributed by atoms with van der Waals surface area (Å²) in [5.74, 6) is 1.94. The van der Waals surface area contributed by atoms with E-state index in [4.69, 9.17) is 5.73 Å². The van der Waals surface area contributed by atoms with E-state index in [0.29, 0.717) is 25.6 Å². The number of primary amides is 1. The Bertz CT molecular complexity index is 1080. The number of guanidine groups is 1. The highest BCUT2D eigenvalue weighted by Gasteiger charge is 2.26. The lowest BCUT2D eigenvalue weighted by molar-refractivity contribution is -0.122. The predicted molar refractivity (Wildman–Crippen MR) is 134 cm³/mol. The number of nitrogens with two attached hydrogens (primary N) is 1. The Balaban J connectivity index is 0.00000289. The summed E-state index contributed by atoms with van der Waals surface area (Å²) in [6, 6.07) is 9.73. The lowest BCUT2D eigenvalue weighted by atomic mass is 9.97. The van der Waals surface area contributed by atoms with E-state index in [2.05, 4.69) is 35.7 Å². The smallest absolute Gasteiger partial charge is 0.222 e. The number of carbonyl (C=O) groups is 1. The number of piperidine rings is 1. The van der Waals surface area contributed by atoms with Gasteiger partial charge in [-0.3, -0.25) is 14.2 Å². The zero-order valence-corrected chi connectivity index (χ0v) is 20.3. The van der Waals surface area contributed by atoms with Gasteiger partial charge in [0.25, 0.3) is 0 Å². The van der Waals surface area contributed by atoms with Crippen molar-refractivity contribution >= 4 is 47.3 Å². The number of carbonyl (C=O) groups excluding carboxylic acids is 1. The van der Waals surface area contributed by atoms with Crippen LogP contribution in [0.3, 0.4) is 0 Å². The van der Waals surface area contributed by atoms with E-state index in [1.165, 1.54) is 0 Å². The molecule has 4 heterocycles. The minimum atomic E-state index is -0.245. The van der Waals surface area contributed by atoms with Gasteiger partial charge in [-0.2, -0.15) is 0 Å². The molecule has 1 aliphatic rings. The van der Waals surface area contributed by atoms with E-state index < -0.39 is 0 Å². The minimum Gasteiger partial charge on any atom is -0.369 e. The van der Waals surface area contributed by atoms with Gasteiger partial charge in [-0.1, -0.05) is 12.1 Å².